The van der Waals surface area contributed by atoms with Gasteiger partial charge in [0.05, 0.1) is 27.8 Å². The van der Waals surface area contributed by atoms with E-state index in [1.807, 2.05) is 48.2 Å². The molecule has 1 amide bonds. The fourth-order valence-corrected chi connectivity index (χ4v) is 3.46. The Labute approximate surface area is 166 Å². The number of rotatable bonds is 6. The maximum absolute atomic E-state index is 12.6. The van der Waals surface area contributed by atoms with Crippen LogP contribution in [0.25, 0.3) is 0 Å². The van der Waals surface area contributed by atoms with Crippen molar-refractivity contribution in [3.63, 3.8) is 0 Å². The van der Waals surface area contributed by atoms with Crippen molar-refractivity contribution in [1.29, 1.82) is 0 Å². The number of benzene rings is 2. The summed E-state index contributed by atoms with van der Waals surface area (Å²) in [5, 5.41) is 0. The average molecular weight is 384 g/mol. The third-order valence-electron chi connectivity index (χ3n) is 5.12. The monoisotopic (exact) mass is 384 g/mol. The standard InChI is InChI=1S/C22H28N2O4/c1-16-5-7-17(8-6-16)13-21(25)24-11-9-23(10-12-24)18-14-19(26-2)22(28-4)20(15-18)27-3/h5-8,14-15H,9-13H2,1-4H3. The summed E-state index contributed by atoms with van der Waals surface area (Å²) in [6.07, 6.45) is 0.449. The number of amides is 1. The van der Waals surface area contributed by atoms with Crippen molar-refractivity contribution in [3.05, 3.63) is 47.5 Å². The first kappa shape index (κ1) is 19.9. The molecule has 0 aliphatic carbocycles. The lowest BCUT2D eigenvalue weighted by Crippen LogP contribution is -2.49. The first-order chi connectivity index (χ1) is 13.5. The van der Waals surface area contributed by atoms with Gasteiger partial charge in [-0.15, -0.1) is 0 Å². The zero-order valence-corrected chi connectivity index (χ0v) is 17.0. The van der Waals surface area contributed by atoms with Crippen molar-refractivity contribution in [2.45, 2.75) is 13.3 Å². The molecule has 150 valence electrons. The summed E-state index contributed by atoms with van der Waals surface area (Å²) in [6.45, 7) is 4.97. The summed E-state index contributed by atoms with van der Waals surface area (Å²) in [4.78, 5) is 16.8. The Morgan fingerprint density at radius 2 is 1.46 bits per heavy atom. The molecule has 0 aromatic heterocycles. The first-order valence-electron chi connectivity index (χ1n) is 9.44. The summed E-state index contributed by atoms with van der Waals surface area (Å²) in [6, 6.07) is 12.0. The smallest absolute Gasteiger partial charge is 0.227 e. The highest BCUT2D eigenvalue weighted by molar-refractivity contribution is 5.79. The van der Waals surface area contributed by atoms with Crippen LogP contribution in [-0.2, 0) is 11.2 Å². The Hall–Kier alpha value is -2.89. The van der Waals surface area contributed by atoms with Gasteiger partial charge in [0.15, 0.2) is 11.5 Å². The highest BCUT2D eigenvalue weighted by atomic mass is 16.5. The van der Waals surface area contributed by atoms with Crippen molar-refractivity contribution in [1.82, 2.24) is 4.90 Å². The summed E-state index contributed by atoms with van der Waals surface area (Å²) < 4.78 is 16.3. The quantitative estimate of drug-likeness (QED) is 0.767. The van der Waals surface area contributed by atoms with Gasteiger partial charge in [-0.2, -0.15) is 0 Å². The molecule has 0 radical (unpaired) electrons. The van der Waals surface area contributed by atoms with Crippen LogP contribution in [0, 0.1) is 6.92 Å². The maximum Gasteiger partial charge on any atom is 0.227 e. The van der Waals surface area contributed by atoms with Crippen LogP contribution in [-0.4, -0.2) is 58.3 Å². The van der Waals surface area contributed by atoms with Gasteiger partial charge in [0, 0.05) is 44.0 Å². The molecule has 2 aromatic carbocycles. The summed E-state index contributed by atoms with van der Waals surface area (Å²) in [7, 11) is 4.82. The number of aryl methyl sites for hydroxylation is 1. The molecule has 3 rings (SSSR count). The Kier molecular flexibility index (Phi) is 6.29. The molecule has 1 saturated heterocycles. The highest BCUT2D eigenvalue weighted by Crippen LogP contribution is 2.41. The average Bonchev–Trinajstić information content (AvgIpc) is 2.74. The molecular formula is C22H28N2O4. The zero-order chi connectivity index (χ0) is 20.1. The summed E-state index contributed by atoms with van der Waals surface area (Å²) in [5.74, 6) is 2.03. The number of carbonyl (C=O) groups is 1. The van der Waals surface area contributed by atoms with Gasteiger partial charge < -0.3 is 24.0 Å². The molecule has 0 atom stereocenters. The molecule has 0 N–H and O–H groups in total. The van der Waals surface area contributed by atoms with Gasteiger partial charge in [-0.05, 0) is 12.5 Å². The summed E-state index contributed by atoms with van der Waals surface area (Å²) in [5.41, 5.74) is 3.26. The van der Waals surface area contributed by atoms with Crippen LogP contribution < -0.4 is 19.1 Å². The predicted molar refractivity (Wildman–Crippen MR) is 110 cm³/mol. The van der Waals surface area contributed by atoms with Crippen LogP contribution in [0.2, 0.25) is 0 Å². The minimum absolute atomic E-state index is 0.174. The molecule has 0 bridgehead atoms. The van der Waals surface area contributed by atoms with Gasteiger partial charge in [0.2, 0.25) is 11.7 Å². The van der Waals surface area contributed by atoms with E-state index in [0.717, 1.165) is 24.3 Å². The molecule has 2 aromatic rings. The van der Waals surface area contributed by atoms with E-state index in [-0.39, 0.29) is 5.91 Å². The molecule has 1 aliphatic heterocycles. The second-order valence-electron chi connectivity index (χ2n) is 6.91. The van der Waals surface area contributed by atoms with Crippen LogP contribution in [0.15, 0.2) is 36.4 Å². The number of hydrogen-bond donors (Lipinski definition) is 0. The van der Waals surface area contributed by atoms with E-state index in [2.05, 4.69) is 4.90 Å². The van der Waals surface area contributed by atoms with Crippen molar-refractivity contribution < 1.29 is 19.0 Å². The van der Waals surface area contributed by atoms with E-state index in [9.17, 15) is 4.79 Å². The van der Waals surface area contributed by atoms with E-state index in [0.29, 0.717) is 36.8 Å². The number of hydrogen-bond acceptors (Lipinski definition) is 5. The van der Waals surface area contributed by atoms with Crippen LogP contribution in [0.5, 0.6) is 17.2 Å². The van der Waals surface area contributed by atoms with Gasteiger partial charge in [0.1, 0.15) is 0 Å². The highest BCUT2D eigenvalue weighted by Gasteiger charge is 2.23. The fraction of sp³-hybridized carbons (Fsp3) is 0.409. The van der Waals surface area contributed by atoms with E-state index in [1.54, 1.807) is 21.3 Å². The molecule has 6 nitrogen and oxygen atoms in total. The minimum Gasteiger partial charge on any atom is -0.493 e. The topological polar surface area (TPSA) is 51.2 Å². The largest absolute Gasteiger partial charge is 0.493 e. The van der Waals surface area contributed by atoms with Gasteiger partial charge in [-0.3, -0.25) is 4.79 Å². The number of piperazine rings is 1. The predicted octanol–water partition coefficient (Wildman–Crippen LogP) is 2.91. The van der Waals surface area contributed by atoms with E-state index in [4.69, 9.17) is 14.2 Å². The SMILES string of the molecule is COc1cc(N2CCN(C(=O)Cc3ccc(C)cc3)CC2)cc(OC)c1OC. The van der Waals surface area contributed by atoms with Crippen molar-refractivity contribution in [2.24, 2.45) is 0 Å². The molecule has 0 unspecified atom stereocenters. The van der Waals surface area contributed by atoms with Crippen molar-refractivity contribution >= 4 is 11.6 Å². The first-order valence-corrected chi connectivity index (χ1v) is 9.44. The molecule has 1 aliphatic rings. The van der Waals surface area contributed by atoms with Gasteiger partial charge in [-0.25, -0.2) is 0 Å². The van der Waals surface area contributed by atoms with E-state index < -0.39 is 0 Å². The lowest BCUT2D eigenvalue weighted by molar-refractivity contribution is -0.130. The minimum atomic E-state index is 0.174. The van der Waals surface area contributed by atoms with Crippen LogP contribution in [0.4, 0.5) is 5.69 Å². The second kappa shape index (κ2) is 8.87. The maximum atomic E-state index is 12.6. The van der Waals surface area contributed by atoms with Crippen molar-refractivity contribution in [3.8, 4) is 17.2 Å². The third-order valence-corrected chi connectivity index (χ3v) is 5.12. The fourth-order valence-electron chi connectivity index (χ4n) is 3.46. The van der Waals surface area contributed by atoms with E-state index >= 15 is 0 Å². The Morgan fingerprint density at radius 3 is 1.96 bits per heavy atom. The molecule has 6 heteroatoms. The molecular weight excluding hydrogens is 356 g/mol. The third kappa shape index (κ3) is 4.32. The zero-order valence-electron chi connectivity index (χ0n) is 17.0. The van der Waals surface area contributed by atoms with Crippen LogP contribution in [0.3, 0.4) is 0 Å². The Bertz CT molecular complexity index is 787. The van der Waals surface area contributed by atoms with Crippen LogP contribution >= 0.6 is 0 Å². The Balaban J connectivity index is 1.65. The van der Waals surface area contributed by atoms with E-state index in [1.165, 1.54) is 5.56 Å². The normalized spacial score (nSPS) is 14.0. The lowest BCUT2D eigenvalue weighted by atomic mass is 10.1. The number of anilines is 1. The van der Waals surface area contributed by atoms with Crippen LogP contribution in [0.1, 0.15) is 11.1 Å². The summed E-state index contributed by atoms with van der Waals surface area (Å²) >= 11 is 0. The number of ether oxygens (including phenoxy) is 3. The van der Waals surface area contributed by atoms with Gasteiger partial charge >= 0.3 is 0 Å². The molecule has 1 fully saturated rings. The number of methoxy groups -OCH3 is 3. The van der Waals surface area contributed by atoms with Gasteiger partial charge in [-0.1, -0.05) is 29.8 Å². The number of carbonyl (C=O) groups excluding carboxylic acids is 1. The second-order valence-corrected chi connectivity index (χ2v) is 6.91. The Morgan fingerprint density at radius 1 is 0.893 bits per heavy atom. The molecule has 0 spiro atoms. The molecule has 28 heavy (non-hydrogen) atoms. The van der Waals surface area contributed by atoms with Crippen molar-refractivity contribution in [2.75, 3.05) is 52.4 Å². The molecule has 1 heterocycles. The number of nitrogens with zero attached hydrogens (tertiary/aromatic N) is 2. The van der Waals surface area contributed by atoms with Gasteiger partial charge in [0.25, 0.3) is 0 Å². The molecule has 0 saturated carbocycles. The lowest BCUT2D eigenvalue weighted by Gasteiger charge is -2.36.